The van der Waals surface area contributed by atoms with E-state index in [1.807, 2.05) is 30.3 Å². The Morgan fingerprint density at radius 1 is 1.00 bits per heavy atom. The molecule has 0 aliphatic rings. The Kier molecular flexibility index (Phi) is 4.76. The van der Waals surface area contributed by atoms with Crippen molar-refractivity contribution in [3.8, 4) is 17.0 Å². The zero-order chi connectivity index (χ0) is 17.9. The number of nitrogens with zero attached hydrogens (tertiary/aromatic N) is 2. The second-order valence-corrected chi connectivity index (χ2v) is 5.42. The molecule has 0 amide bonds. The van der Waals surface area contributed by atoms with E-state index in [0.717, 1.165) is 5.56 Å². The molecule has 0 spiro atoms. The summed E-state index contributed by atoms with van der Waals surface area (Å²) in [6, 6.07) is 15.1. The van der Waals surface area contributed by atoms with Gasteiger partial charge in [0.05, 0.1) is 18.8 Å². The fourth-order valence-electron chi connectivity index (χ4n) is 2.49. The van der Waals surface area contributed by atoms with Crippen LogP contribution in [0.2, 0.25) is 0 Å². The Morgan fingerprint density at radius 2 is 1.68 bits per heavy atom. The molecule has 0 unspecified atom stereocenters. The zero-order valence-electron chi connectivity index (χ0n) is 13.1. The number of aromatic nitrogens is 2. The number of aliphatic hydroxyl groups excluding tert-OH is 1. The van der Waals surface area contributed by atoms with Gasteiger partial charge >= 0.3 is 6.36 Å². The minimum Gasteiger partial charge on any atom is -0.406 e. The lowest BCUT2D eigenvalue weighted by molar-refractivity contribution is -0.274. The molecule has 2 aromatic carbocycles. The van der Waals surface area contributed by atoms with Gasteiger partial charge in [-0.05, 0) is 29.8 Å². The first-order valence-corrected chi connectivity index (χ1v) is 7.52. The molecule has 0 aliphatic carbocycles. The molecule has 0 fully saturated rings. The van der Waals surface area contributed by atoms with Gasteiger partial charge in [0.15, 0.2) is 0 Å². The Morgan fingerprint density at radius 3 is 2.28 bits per heavy atom. The molecule has 0 saturated heterocycles. The van der Waals surface area contributed by atoms with Crippen LogP contribution in [0.4, 0.5) is 13.2 Å². The average Bonchev–Trinajstić information content (AvgIpc) is 2.98. The molecule has 0 radical (unpaired) electrons. The van der Waals surface area contributed by atoms with E-state index in [4.69, 9.17) is 0 Å². The van der Waals surface area contributed by atoms with Crippen molar-refractivity contribution >= 4 is 0 Å². The van der Waals surface area contributed by atoms with Gasteiger partial charge in [0.2, 0.25) is 0 Å². The summed E-state index contributed by atoms with van der Waals surface area (Å²) in [7, 11) is 0. The van der Waals surface area contributed by atoms with Gasteiger partial charge in [-0.3, -0.25) is 4.68 Å². The maximum Gasteiger partial charge on any atom is 0.573 e. The lowest BCUT2D eigenvalue weighted by Gasteiger charge is -2.09. The monoisotopic (exact) mass is 348 g/mol. The smallest absolute Gasteiger partial charge is 0.406 e. The number of aliphatic hydroxyl groups is 1. The van der Waals surface area contributed by atoms with Crippen molar-refractivity contribution in [2.45, 2.75) is 19.5 Å². The lowest BCUT2D eigenvalue weighted by atomic mass is 10.1. The first kappa shape index (κ1) is 17.0. The molecule has 1 aromatic heterocycles. The van der Waals surface area contributed by atoms with Crippen molar-refractivity contribution in [3.05, 3.63) is 71.9 Å². The molecule has 0 atom stereocenters. The van der Waals surface area contributed by atoms with Crippen LogP contribution in [0.3, 0.4) is 0 Å². The number of rotatable bonds is 5. The van der Waals surface area contributed by atoms with Gasteiger partial charge in [-0.25, -0.2) is 0 Å². The van der Waals surface area contributed by atoms with Crippen LogP contribution in [0.1, 0.15) is 11.1 Å². The number of hydrogen-bond acceptors (Lipinski definition) is 3. The largest absolute Gasteiger partial charge is 0.573 e. The molecule has 4 nitrogen and oxygen atoms in total. The Labute approximate surface area is 142 Å². The molecule has 0 bridgehead atoms. The van der Waals surface area contributed by atoms with Crippen LogP contribution < -0.4 is 4.74 Å². The maximum absolute atomic E-state index is 12.2. The summed E-state index contributed by atoms with van der Waals surface area (Å²) >= 11 is 0. The molecule has 1 N–H and O–H groups in total. The number of ether oxygens (including phenoxy) is 1. The highest BCUT2D eigenvalue weighted by Gasteiger charge is 2.31. The van der Waals surface area contributed by atoms with Crippen LogP contribution in [-0.2, 0) is 13.2 Å². The predicted octanol–water partition coefficient (Wildman–Crippen LogP) is 3.99. The summed E-state index contributed by atoms with van der Waals surface area (Å²) in [5.74, 6) is -0.300. The van der Waals surface area contributed by atoms with Crippen LogP contribution in [-0.4, -0.2) is 21.2 Å². The molecule has 130 valence electrons. The quantitative estimate of drug-likeness (QED) is 0.758. The van der Waals surface area contributed by atoms with Gasteiger partial charge in [-0.15, -0.1) is 13.2 Å². The lowest BCUT2D eigenvalue weighted by Crippen LogP contribution is -2.16. The van der Waals surface area contributed by atoms with Crippen LogP contribution in [0, 0.1) is 0 Å². The zero-order valence-corrected chi connectivity index (χ0v) is 13.1. The van der Waals surface area contributed by atoms with E-state index >= 15 is 0 Å². The van der Waals surface area contributed by atoms with Crippen molar-refractivity contribution in [1.82, 2.24) is 9.78 Å². The minimum atomic E-state index is -4.73. The SMILES string of the molecule is OCc1cn(Cc2ccccc2)nc1-c1ccc(OC(F)(F)F)cc1. The first-order chi connectivity index (χ1) is 11.9. The predicted molar refractivity (Wildman–Crippen MR) is 85.8 cm³/mol. The first-order valence-electron chi connectivity index (χ1n) is 7.52. The van der Waals surface area contributed by atoms with Crippen molar-refractivity contribution in [2.24, 2.45) is 0 Å². The fourth-order valence-corrected chi connectivity index (χ4v) is 2.49. The number of halogens is 3. The Hall–Kier alpha value is -2.80. The van der Waals surface area contributed by atoms with E-state index in [2.05, 4.69) is 9.84 Å². The van der Waals surface area contributed by atoms with Crippen molar-refractivity contribution in [3.63, 3.8) is 0 Å². The Bertz CT molecular complexity index is 828. The highest BCUT2D eigenvalue weighted by atomic mass is 19.4. The summed E-state index contributed by atoms with van der Waals surface area (Å²) in [5, 5.41) is 14.0. The van der Waals surface area contributed by atoms with Gasteiger partial charge in [0.25, 0.3) is 0 Å². The van der Waals surface area contributed by atoms with E-state index in [1.165, 1.54) is 24.3 Å². The number of alkyl halides is 3. The van der Waals surface area contributed by atoms with Crippen LogP contribution in [0.15, 0.2) is 60.8 Å². The van der Waals surface area contributed by atoms with Crippen LogP contribution in [0.5, 0.6) is 5.75 Å². The standard InChI is InChI=1S/C18H15F3N2O2/c19-18(20,21)25-16-8-6-14(7-9-16)17-15(12-24)11-23(22-17)10-13-4-2-1-3-5-13/h1-9,11,24H,10,12H2. The maximum atomic E-state index is 12.2. The minimum absolute atomic E-state index is 0.217. The molecular formula is C18H15F3N2O2. The van der Waals surface area contributed by atoms with Crippen molar-refractivity contribution in [1.29, 1.82) is 0 Å². The van der Waals surface area contributed by atoms with E-state index < -0.39 is 6.36 Å². The molecular weight excluding hydrogens is 333 g/mol. The van der Waals surface area contributed by atoms with Gasteiger partial charge < -0.3 is 9.84 Å². The molecule has 7 heteroatoms. The Balaban J connectivity index is 1.84. The van der Waals surface area contributed by atoms with Crippen molar-refractivity contribution < 1.29 is 23.0 Å². The fraction of sp³-hybridized carbons (Fsp3) is 0.167. The third kappa shape index (κ3) is 4.39. The third-order valence-corrected chi connectivity index (χ3v) is 3.56. The van der Waals surface area contributed by atoms with E-state index in [9.17, 15) is 18.3 Å². The van der Waals surface area contributed by atoms with E-state index in [1.54, 1.807) is 10.9 Å². The summed E-state index contributed by atoms with van der Waals surface area (Å²) < 4.78 is 42.2. The molecule has 0 saturated carbocycles. The second-order valence-electron chi connectivity index (χ2n) is 5.42. The van der Waals surface area contributed by atoms with E-state index in [-0.39, 0.29) is 12.4 Å². The van der Waals surface area contributed by atoms with Crippen LogP contribution in [0.25, 0.3) is 11.3 Å². The summed E-state index contributed by atoms with van der Waals surface area (Å²) in [6.45, 7) is 0.314. The molecule has 3 rings (SSSR count). The third-order valence-electron chi connectivity index (χ3n) is 3.56. The van der Waals surface area contributed by atoms with Crippen molar-refractivity contribution in [2.75, 3.05) is 0 Å². The highest BCUT2D eigenvalue weighted by molar-refractivity contribution is 5.63. The topological polar surface area (TPSA) is 47.3 Å². The van der Waals surface area contributed by atoms with Crippen LogP contribution >= 0.6 is 0 Å². The normalized spacial score (nSPS) is 11.5. The summed E-state index contributed by atoms with van der Waals surface area (Å²) in [4.78, 5) is 0. The molecule has 0 aliphatic heterocycles. The van der Waals surface area contributed by atoms with Gasteiger partial charge in [0, 0.05) is 17.3 Å². The molecule has 1 heterocycles. The van der Waals surface area contributed by atoms with E-state index in [0.29, 0.717) is 23.4 Å². The highest BCUT2D eigenvalue weighted by Crippen LogP contribution is 2.27. The van der Waals surface area contributed by atoms with Gasteiger partial charge in [-0.2, -0.15) is 5.10 Å². The van der Waals surface area contributed by atoms with Gasteiger partial charge in [-0.1, -0.05) is 30.3 Å². The molecule has 25 heavy (non-hydrogen) atoms. The second kappa shape index (κ2) is 6.98. The average molecular weight is 348 g/mol. The number of benzene rings is 2. The summed E-state index contributed by atoms with van der Waals surface area (Å²) in [5.41, 5.74) is 2.78. The number of hydrogen-bond donors (Lipinski definition) is 1. The van der Waals surface area contributed by atoms with Gasteiger partial charge in [0.1, 0.15) is 5.75 Å². The molecule has 3 aromatic rings. The summed E-state index contributed by atoms with van der Waals surface area (Å²) in [6.07, 6.45) is -3.00.